The van der Waals surface area contributed by atoms with E-state index in [1.807, 2.05) is 0 Å². The lowest BCUT2D eigenvalue weighted by Crippen LogP contribution is -2.09. The third-order valence-corrected chi connectivity index (χ3v) is 3.23. The Hall–Kier alpha value is -1.28. The van der Waals surface area contributed by atoms with Gasteiger partial charge in [0.15, 0.2) is 0 Å². The van der Waals surface area contributed by atoms with Crippen LogP contribution in [-0.2, 0) is 13.5 Å². The van der Waals surface area contributed by atoms with Gasteiger partial charge in [-0.2, -0.15) is 0 Å². The van der Waals surface area contributed by atoms with Crippen molar-refractivity contribution in [1.82, 2.24) is 4.57 Å². The lowest BCUT2D eigenvalue weighted by atomic mass is 9.98. The molecule has 0 aliphatic rings. The lowest BCUT2D eigenvalue weighted by molar-refractivity contribution is 0.776. The first kappa shape index (κ1) is 11.2. The van der Waals surface area contributed by atoms with Gasteiger partial charge in [0.25, 0.3) is 0 Å². The number of hydrogen-bond donors (Lipinski definition) is 1. The summed E-state index contributed by atoms with van der Waals surface area (Å²) in [7, 11) is 2.14. The van der Waals surface area contributed by atoms with Gasteiger partial charge in [-0.1, -0.05) is 32.0 Å². The second-order valence-electron chi connectivity index (χ2n) is 4.63. The molecule has 0 amide bonds. The molecule has 86 valence electrons. The number of aryl methyl sites for hydroxylation is 1. The Morgan fingerprint density at radius 3 is 2.56 bits per heavy atom. The summed E-state index contributed by atoms with van der Waals surface area (Å²) in [6.07, 6.45) is 0.957. The molecule has 2 N–H and O–H groups in total. The fourth-order valence-electron chi connectivity index (χ4n) is 2.56. The molecule has 2 heteroatoms. The predicted octanol–water partition coefficient (Wildman–Crippen LogP) is 2.80. The molecule has 0 bridgehead atoms. The van der Waals surface area contributed by atoms with Crippen molar-refractivity contribution < 1.29 is 0 Å². The zero-order valence-electron chi connectivity index (χ0n) is 10.3. The zero-order valence-corrected chi connectivity index (χ0v) is 10.3. The Bertz CT molecular complexity index is 495. The first-order chi connectivity index (χ1) is 7.66. The Balaban J connectivity index is 2.75. The quantitative estimate of drug-likeness (QED) is 0.840. The minimum Gasteiger partial charge on any atom is -0.347 e. The Labute approximate surface area is 97.1 Å². The summed E-state index contributed by atoms with van der Waals surface area (Å²) in [6, 6.07) is 8.60. The van der Waals surface area contributed by atoms with E-state index in [-0.39, 0.29) is 0 Å². The molecule has 0 unspecified atom stereocenters. The molecule has 1 aromatic carbocycles. The number of fused-ring (bicyclic) bond motifs is 1. The van der Waals surface area contributed by atoms with E-state index in [0.717, 1.165) is 6.42 Å². The van der Waals surface area contributed by atoms with Crippen LogP contribution in [-0.4, -0.2) is 11.1 Å². The van der Waals surface area contributed by atoms with E-state index in [4.69, 9.17) is 5.73 Å². The van der Waals surface area contributed by atoms with Gasteiger partial charge in [-0.05, 0) is 24.1 Å². The molecule has 2 nitrogen and oxygen atoms in total. The van der Waals surface area contributed by atoms with E-state index in [1.165, 1.54) is 22.2 Å². The van der Waals surface area contributed by atoms with E-state index < -0.39 is 0 Å². The van der Waals surface area contributed by atoms with Crippen LogP contribution >= 0.6 is 0 Å². The normalized spacial score (nSPS) is 11.6. The van der Waals surface area contributed by atoms with Crippen molar-refractivity contribution in [2.75, 3.05) is 6.54 Å². The van der Waals surface area contributed by atoms with Crippen LogP contribution in [0.2, 0.25) is 0 Å². The smallest absolute Gasteiger partial charge is 0.0482 e. The first-order valence-corrected chi connectivity index (χ1v) is 5.93. The molecule has 0 aliphatic heterocycles. The monoisotopic (exact) mass is 216 g/mol. The van der Waals surface area contributed by atoms with E-state index in [2.05, 4.69) is 49.7 Å². The van der Waals surface area contributed by atoms with Gasteiger partial charge in [0.1, 0.15) is 0 Å². The standard InChI is InChI=1S/C14H20N2/c1-10(2)14-11-6-4-5-7-12(11)16(3)13(14)8-9-15/h4-7,10H,8-9,15H2,1-3H3. The van der Waals surface area contributed by atoms with E-state index in [9.17, 15) is 0 Å². The van der Waals surface area contributed by atoms with Gasteiger partial charge in [-0.15, -0.1) is 0 Å². The number of nitrogens with two attached hydrogens (primary N) is 1. The highest BCUT2D eigenvalue weighted by Crippen LogP contribution is 2.31. The molecule has 0 spiro atoms. The predicted molar refractivity (Wildman–Crippen MR) is 69.8 cm³/mol. The molecule has 0 aliphatic carbocycles. The van der Waals surface area contributed by atoms with Crippen molar-refractivity contribution in [1.29, 1.82) is 0 Å². The molecule has 2 aromatic rings. The number of nitrogens with zero attached hydrogens (tertiary/aromatic N) is 1. The highest BCUT2D eigenvalue weighted by atomic mass is 15.0. The van der Waals surface area contributed by atoms with Crippen molar-refractivity contribution >= 4 is 10.9 Å². The minimum absolute atomic E-state index is 0.549. The summed E-state index contributed by atoms with van der Waals surface area (Å²) in [6.45, 7) is 5.22. The summed E-state index contributed by atoms with van der Waals surface area (Å²) in [5.41, 5.74) is 9.87. The number of hydrogen-bond acceptors (Lipinski definition) is 1. The molecule has 0 saturated carbocycles. The van der Waals surface area contributed by atoms with Gasteiger partial charge in [-0.3, -0.25) is 0 Å². The summed E-state index contributed by atoms with van der Waals surface area (Å²) in [5.74, 6) is 0.549. The van der Waals surface area contributed by atoms with Crippen LogP contribution in [0.5, 0.6) is 0 Å². The van der Waals surface area contributed by atoms with E-state index in [0.29, 0.717) is 12.5 Å². The molecule has 2 rings (SSSR count). The van der Waals surface area contributed by atoms with Crippen molar-refractivity contribution in [3.63, 3.8) is 0 Å². The molecule has 0 atom stereocenters. The second-order valence-corrected chi connectivity index (χ2v) is 4.63. The summed E-state index contributed by atoms with van der Waals surface area (Å²) < 4.78 is 2.29. The molecular weight excluding hydrogens is 196 g/mol. The maximum absolute atomic E-state index is 5.71. The van der Waals surface area contributed by atoms with Crippen LogP contribution in [0.25, 0.3) is 10.9 Å². The lowest BCUT2D eigenvalue weighted by Gasteiger charge is -2.09. The van der Waals surface area contributed by atoms with Crippen LogP contribution < -0.4 is 5.73 Å². The van der Waals surface area contributed by atoms with Crippen molar-refractivity contribution in [3.05, 3.63) is 35.5 Å². The zero-order chi connectivity index (χ0) is 11.7. The SMILES string of the molecule is CC(C)c1c(CCN)n(C)c2ccccc12. The third-order valence-electron chi connectivity index (χ3n) is 3.23. The number of benzene rings is 1. The van der Waals surface area contributed by atoms with Crippen LogP contribution in [0.4, 0.5) is 0 Å². The number of aromatic nitrogens is 1. The highest BCUT2D eigenvalue weighted by Gasteiger charge is 2.16. The van der Waals surface area contributed by atoms with Crippen LogP contribution in [0.3, 0.4) is 0 Å². The molecule has 0 fully saturated rings. The average Bonchev–Trinajstić information content (AvgIpc) is 2.54. The van der Waals surface area contributed by atoms with Crippen LogP contribution in [0, 0.1) is 0 Å². The van der Waals surface area contributed by atoms with Gasteiger partial charge in [0.05, 0.1) is 0 Å². The third kappa shape index (κ3) is 1.63. The maximum atomic E-state index is 5.71. The topological polar surface area (TPSA) is 30.9 Å². The van der Waals surface area contributed by atoms with Gasteiger partial charge >= 0.3 is 0 Å². The summed E-state index contributed by atoms with van der Waals surface area (Å²) in [5, 5.41) is 1.38. The molecule has 0 saturated heterocycles. The Morgan fingerprint density at radius 2 is 1.94 bits per heavy atom. The second kappa shape index (κ2) is 4.30. The summed E-state index contributed by atoms with van der Waals surface area (Å²) in [4.78, 5) is 0. The fraction of sp³-hybridized carbons (Fsp3) is 0.429. The highest BCUT2D eigenvalue weighted by molar-refractivity contribution is 5.86. The van der Waals surface area contributed by atoms with Gasteiger partial charge in [-0.25, -0.2) is 0 Å². The van der Waals surface area contributed by atoms with Crippen molar-refractivity contribution in [2.45, 2.75) is 26.2 Å². The molecule has 1 aromatic heterocycles. The average molecular weight is 216 g/mol. The molecule has 16 heavy (non-hydrogen) atoms. The number of para-hydroxylation sites is 1. The number of rotatable bonds is 3. The molecular formula is C14H20N2. The van der Waals surface area contributed by atoms with Gasteiger partial charge in [0.2, 0.25) is 0 Å². The Morgan fingerprint density at radius 1 is 1.25 bits per heavy atom. The van der Waals surface area contributed by atoms with Crippen LogP contribution in [0.15, 0.2) is 24.3 Å². The molecule has 0 radical (unpaired) electrons. The van der Waals surface area contributed by atoms with Gasteiger partial charge in [0, 0.05) is 30.1 Å². The molecule has 1 heterocycles. The van der Waals surface area contributed by atoms with Crippen molar-refractivity contribution in [3.8, 4) is 0 Å². The van der Waals surface area contributed by atoms with Gasteiger partial charge < -0.3 is 10.3 Å². The van der Waals surface area contributed by atoms with E-state index in [1.54, 1.807) is 0 Å². The van der Waals surface area contributed by atoms with Crippen LogP contribution in [0.1, 0.15) is 31.0 Å². The van der Waals surface area contributed by atoms with E-state index >= 15 is 0 Å². The first-order valence-electron chi connectivity index (χ1n) is 5.93. The Kier molecular flexibility index (Phi) is 3.01. The summed E-state index contributed by atoms with van der Waals surface area (Å²) >= 11 is 0. The maximum Gasteiger partial charge on any atom is 0.0482 e. The fourth-order valence-corrected chi connectivity index (χ4v) is 2.56. The minimum atomic E-state index is 0.549. The van der Waals surface area contributed by atoms with Crippen molar-refractivity contribution in [2.24, 2.45) is 12.8 Å². The largest absolute Gasteiger partial charge is 0.347 e.